The number of rotatable bonds is 5. The van der Waals surface area contributed by atoms with E-state index >= 15 is 0 Å². The third-order valence-electron chi connectivity index (χ3n) is 1.94. The molecule has 0 amide bonds. The van der Waals surface area contributed by atoms with Gasteiger partial charge in [0, 0.05) is 5.71 Å². The topological polar surface area (TPSA) is 50.7 Å². The van der Waals surface area contributed by atoms with Gasteiger partial charge >= 0.3 is 0 Å². The molecule has 0 bridgehead atoms. The highest BCUT2D eigenvalue weighted by Crippen LogP contribution is 2.02. The summed E-state index contributed by atoms with van der Waals surface area (Å²) in [6.45, 7) is 9.50. The molecule has 0 atom stereocenters. The molecule has 0 aliphatic carbocycles. The molecular weight excluding hydrogens is 228 g/mol. The first-order valence-corrected chi connectivity index (χ1v) is 5.94. The van der Waals surface area contributed by atoms with Crippen LogP contribution in [0.15, 0.2) is 29.4 Å². The van der Waals surface area contributed by atoms with Gasteiger partial charge in [-0.25, -0.2) is 0 Å². The predicted molar refractivity (Wildman–Crippen MR) is 74.5 cm³/mol. The molecule has 1 aromatic rings. The standard InChI is InChI=1S/C11H16N2.C3H6O2/c1-9(2)13-12-8-11-6-4-10(3)5-7-11;1-2-5-3-4/h4-7,12H,8H2,1-3H3;3H,2H2,1H3. The van der Waals surface area contributed by atoms with Crippen molar-refractivity contribution in [2.45, 2.75) is 34.2 Å². The Kier molecular flexibility index (Phi) is 9.27. The molecule has 100 valence electrons. The van der Waals surface area contributed by atoms with Crippen LogP contribution in [0.5, 0.6) is 0 Å². The van der Waals surface area contributed by atoms with Crippen LogP contribution in [0.25, 0.3) is 0 Å². The van der Waals surface area contributed by atoms with Gasteiger partial charge < -0.3 is 10.2 Å². The summed E-state index contributed by atoms with van der Waals surface area (Å²) in [4.78, 5) is 9.18. The molecular formula is C14H22N2O2. The number of hydrogen-bond acceptors (Lipinski definition) is 4. The Morgan fingerprint density at radius 1 is 1.33 bits per heavy atom. The lowest BCUT2D eigenvalue weighted by atomic mass is 10.1. The summed E-state index contributed by atoms with van der Waals surface area (Å²) in [5.41, 5.74) is 6.61. The lowest BCUT2D eigenvalue weighted by Crippen LogP contribution is -2.06. The largest absolute Gasteiger partial charge is 0.468 e. The van der Waals surface area contributed by atoms with Gasteiger partial charge in [-0.2, -0.15) is 5.10 Å². The lowest BCUT2D eigenvalue weighted by Gasteiger charge is -2.01. The number of nitrogens with one attached hydrogen (secondary N) is 1. The van der Waals surface area contributed by atoms with Crippen LogP contribution in [0, 0.1) is 6.92 Å². The van der Waals surface area contributed by atoms with Crippen LogP contribution in [0.4, 0.5) is 0 Å². The zero-order valence-corrected chi connectivity index (χ0v) is 11.6. The minimum Gasteiger partial charge on any atom is -0.468 e. The van der Waals surface area contributed by atoms with Crippen molar-refractivity contribution in [3.05, 3.63) is 35.4 Å². The summed E-state index contributed by atoms with van der Waals surface area (Å²) in [7, 11) is 0. The minimum atomic E-state index is 0.431. The van der Waals surface area contributed by atoms with E-state index in [9.17, 15) is 4.79 Å². The van der Waals surface area contributed by atoms with E-state index in [0.29, 0.717) is 13.1 Å². The molecule has 0 saturated carbocycles. The predicted octanol–water partition coefficient (Wildman–Crippen LogP) is 2.66. The minimum absolute atomic E-state index is 0.431. The fourth-order valence-corrected chi connectivity index (χ4v) is 1.06. The van der Waals surface area contributed by atoms with Gasteiger partial charge in [-0.05, 0) is 33.3 Å². The number of benzene rings is 1. The molecule has 1 N–H and O–H groups in total. The Balaban J connectivity index is 0.000000494. The van der Waals surface area contributed by atoms with Gasteiger partial charge in [-0.3, -0.25) is 4.79 Å². The number of carbonyl (C=O) groups excluding carboxylic acids is 1. The summed E-state index contributed by atoms with van der Waals surface area (Å²) >= 11 is 0. The van der Waals surface area contributed by atoms with Crippen molar-refractivity contribution < 1.29 is 9.53 Å². The first-order chi connectivity index (χ1) is 8.60. The van der Waals surface area contributed by atoms with Gasteiger partial charge in [0.2, 0.25) is 0 Å². The van der Waals surface area contributed by atoms with Gasteiger partial charge in [0.1, 0.15) is 0 Å². The van der Waals surface area contributed by atoms with Crippen LogP contribution in [0.1, 0.15) is 31.9 Å². The van der Waals surface area contributed by atoms with Crippen LogP contribution in [-0.2, 0) is 16.1 Å². The van der Waals surface area contributed by atoms with Crippen molar-refractivity contribution in [2.75, 3.05) is 6.61 Å². The van der Waals surface area contributed by atoms with E-state index in [-0.39, 0.29) is 0 Å². The van der Waals surface area contributed by atoms with Gasteiger partial charge in [0.25, 0.3) is 6.47 Å². The Morgan fingerprint density at radius 3 is 2.33 bits per heavy atom. The Labute approximate surface area is 109 Å². The molecule has 0 unspecified atom stereocenters. The third-order valence-corrected chi connectivity index (χ3v) is 1.94. The fourth-order valence-electron chi connectivity index (χ4n) is 1.06. The number of carbonyl (C=O) groups is 1. The van der Waals surface area contributed by atoms with E-state index in [1.165, 1.54) is 11.1 Å². The molecule has 0 fully saturated rings. The molecule has 1 aromatic carbocycles. The van der Waals surface area contributed by atoms with Gasteiger partial charge in [0.15, 0.2) is 0 Å². The van der Waals surface area contributed by atoms with E-state index in [1.807, 2.05) is 13.8 Å². The molecule has 1 rings (SSSR count). The molecule has 0 radical (unpaired) electrons. The number of nitrogens with zero attached hydrogens (tertiary/aromatic N) is 1. The quantitative estimate of drug-likeness (QED) is 0.496. The van der Waals surface area contributed by atoms with Crippen LogP contribution >= 0.6 is 0 Å². The number of aryl methyl sites for hydroxylation is 1. The van der Waals surface area contributed by atoms with Crippen molar-refractivity contribution in [2.24, 2.45) is 5.10 Å². The molecule has 0 spiro atoms. The maximum Gasteiger partial charge on any atom is 0.293 e. The van der Waals surface area contributed by atoms with Crippen molar-refractivity contribution in [1.82, 2.24) is 5.43 Å². The van der Waals surface area contributed by atoms with Crippen LogP contribution in [0.2, 0.25) is 0 Å². The summed E-state index contributed by atoms with van der Waals surface area (Å²) in [6.07, 6.45) is 0. The molecule has 4 heteroatoms. The zero-order valence-electron chi connectivity index (χ0n) is 11.6. The summed E-state index contributed by atoms with van der Waals surface area (Å²) in [6, 6.07) is 8.45. The van der Waals surface area contributed by atoms with E-state index in [2.05, 4.69) is 46.5 Å². The highest BCUT2D eigenvalue weighted by molar-refractivity contribution is 5.78. The van der Waals surface area contributed by atoms with Crippen molar-refractivity contribution in [1.29, 1.82) is 0 Å². The number of ether oxygens (including phenoxy) is 1. The van der Waals surface area contributed by atoms with Crippen LogP contribution < -0.4 is 5.43 Å². The second kappa shape index (κ2) is 10.3. The molecule has 18 heavy (non-hydrogen) atoms. The van der Waals surface area contributed by atoms with Crippen molar-refractivity contribution >= 4 is 12.2 Å². The Bertz CT molecular complexity index is 355. The molecule has 0 aliphatic rings. The third kappa shape index (κ3) is 9.39. The van der Waals surface area contributed by atoms with Crippen LogP contribution in [-0.4, -0.2) is 18.8 Å². The number of hydrogen-bond donors (Lipinski definition) is 1. The van der Waals surface area contributed by atoms with Crippen LogP contribution in [0.3, 0.4) is 0 Å². The van der Waals surface area contributed by atoms with E-state index in [1.54, 1.807) is 6.92 Å². The highest BCUT2D eigenvalue weighted by Gasteiger charge is 1.89. The zero-order chi connectivity index (χ0) is 13.8. The Morgan fingerprint density at radius 2 is 1.94 bits per heavy atom. The molecule has 0 aromatic heterocycles. The second-order valence-electron chi connectivity index (χ2n) is 3.93. The average Bonchev–Trinajstić information content (AvgIpc) is 2.33. The van der Waals surface area contributed by atoms with Gasteiger partial charge in [0.05, 0.1) is 13.2 Å². The molecule has 0 saturated heterocycles. The maximum atomic E-state index is 9.18. The number of hydrazone groups is 1. The normalized spacial score (nSPS) is 8.67. The first-order valence-electron chi connectivity index (χ1n) is 5.94. The monoisotopic (exact) mass is 250 g/mol. The average molecular weight is 250 g/mol. The van der Waals surface area contributed by atoms with Crippen molar-refractivity contribution in [3.63, 3.8) is 0 Å². The summed E-state index contributed by atoms with van der Waals surface area (Å²) in [5, 5.41) is 4.11. The smallest absolute Gasteiger partial charge is 0.293 e. The Hall–Kier alpha value is -1.84. The van der Waals surface area contributed by atoms with E-state index in [4.69, 9.17) is 0 Å². The lowest BCUT2D eigenvalue weighted by molar-refractivity contribution is -0.128. The van der Waals surface area contributed by atoms with E-state index in [0.717, 1.165) is 12.3 Å². The second-order valence-corrected chi connectivity index (χ2v) is 3.93. The first kappa shape index (κ1) is 16.2. The van der Waals surface area contributed by atoms with E-state index < -0.39 is 0 Å². The highest BCUT2D eigenvalue weighted by atomic mass is 16.5. The van der Waals surface area contributed by atoms with Gasteiger partial charge in [-0.1, -0.05) is 29.8 Å². The fraction of sp³-hybridized carbons (Fsp3) is 0.429. The molecule has 0 aliphatic heterocycles. The molecule has 0 heterocycles. The SMILES string of the molecule is CC(C)=NNCc1ccc(C)cc1.CCOC=O. The maximum absolute atomic E-state index is 9.18. The van der Waals surface area contributed by atoms with Crippen molar-refractivity contribution in [3.8, 4) is 0 Å². The molecule has 4 nitrogen and oxygen atoms in total. The summed E-state index contributed by atoms with van der Waals surface area (Å²) in [5.74, 6) is 0. The summed E-state index contributed by atoms with van der Waals surface area (Å²) < 4.78 is 4.15. The van der Waals surface area contributed by atoms with Gasteiger partial charge in [-0.15, -0.1) is 0 Å².